The maximum absolute atomic E-state index is 13.5. The summed E-state index contributed by atoms with van der Waals surface area (Å²) in [6.07, 6.45) is 2.02. The number of anilines is 1. The predicted molar refractivity (Wildman–Crippen MR) is 104 cm³/mol. The van der Waals surface area contributed by atoms with Crippen LogP contribution in [0.4, 0.5) is 10.1 Å². The minimum atomic E-state index is -0.202. The number of aromatic nitrogens is 4. The number of fused-ring (bicyclic) bond motifs is 2. The Morgan fingerprint density at radius 2 is 2.07 bits per heavy atom. The van der Waals surface area contributed by atoms with E-state index in [2.05, 4.69) is 4.98 Å². The molecule has 136 valence electrons. The maximum atomic E-state index is 13.5. The van der Waals surface area contributed by atoms with Crippen molar-refractivity contribution in [2.75, 3.05) is 5.73 Å². The van der Waals surface area contributed by atoms with Gasteiger partial charge in [-0.3, -0.25) is 0 Å². The molecule has 5 nitrogen and oxygen atoms in total. The van der Waals surface area contributed by atoms with Gasteiger partial charge in [0.05, 0.1) is 5.69 Å². The van der Waals surface area contributed by atoms with Gasteiger partial charge < -0.3 is 10.7 Å². The van der Waals surface area contributed by atoms with Crippen LogP contribution in [0.15, 0.2) is 42.5 Å². The molecule has 0 spiro atoms. The van der Waals surface area contributed by atoms with Crippen molar-refractivity contribution in [2.24, 2.45) is 0 Å². The van der Waals surface area contributed by atoms with Gasteiger partial charge in [-0.2, -0.15) is 0 Å². The molecule has 0 aliphatic carbocycles. The molecular formula is C21H20FN5. The lowest BCUT2D eigenvalue weighted by atomic mass is 9.88. The van der Waals surface area contributed by atoms with Crippen LogP contribution in [-0.4, -0.2) is 19.7 Å². The van der Waals surface area contributed by atoms with Crippen LogP contribution in [0, 0.1) is 12.7 Å². The van der Waals surface area contributed by atoms with E-state index in [0.717, 1.165) is 58.6 Å². The Hall–Kier alpha value is -3.15. The molecule has 2 aromatic carbocycles. The molecule has 3 heterocycles. The van der Waals surface area contributed by atoms with Crippen molar-refractivity contribution in [1.29, 1.82) is 0 Å². The molecule has 4 aromatic rings. The van der Waals surface area contributed by atoms with Gasteiger partial charge in [0.2, 0.25) is 0 Å². The first-order chi connectivity index (χ1) is 13.1. The van der Waals surface area contributed by atoms with Gasteiger partial charge in [0.25, 0.3) is 0 Å². The molecule has 1 unspecified atom stereocenters. The predicted octanol–water partition coefficient (Wildman–Crippen LogP) is 4.38. The van der Waals surface area contributed by atoms with Crippen LogP contribution in [0.25, 0.3) is 22.4 Å². The Balaban J connectivity index is 1.58. The zero-order valence-electron chi connectivity index (χ0n) is 15.0. The van der Waals surface area contributed by atoms with Crippen LogP contribution >= 0.6 is 0 Å². The fraction of sp³-hybridized carbons (Fsp3) is 0.238. The van der Waals surface area contributed by atoms with Crippen LogP contribution in [-0.2, 0) is 6.54 Å². The van der Waals surface area contributed by atoms with E-state index in [9.17, 15) is 4.39 Å². The third kappa shape index (κ3) is 2.68. The largest absolute Gasteiger partial charge is 0.399 e. The number of benzene rings is 2. The molecule has 1 aliphatic rings. The number of H-pyrrole nitrogens is 1. The first-order valence-electron chi connectivity index (χ1n) is 9.18. The van der Waals surface area contributed by atoms with Crippen molar-refractivity contribution in [3.05, 3.63) is 65.2 Å². The van der Waals surface area contributed by atoms with E-state index < -0.39 is 0 Å². The lowest BCUT2D eigenvalue weighted by Crippen LogP contribution is -2.18. The highest BCUT2D eigenvalue weighted by atomic mass is 19.1. The van der Waals surface area contributed by atoms with Crippen LogP contribution in [0.2, 0.25) is 0 Å². The highest BCUT2D eigenvalue weighted by molar-refractivity contribution is 5.87. The molecule has 0 saturated carbocycles. The molecule has 3 N–H and O–H groups in total. The molecule has 5 rings (SSSR count). The van der Waals surface area contributed by atoms with E-state index >= 15 is 0 Å². The van der Waals surface area contributed by atoms with Gasteiger partial charge in [-0.05, 0) is 67.3 Å². The van der Waals surface area contributed by atoms with Crippen molar-refractivity contribution >= 4 is 16.6 Å². The van der Waals surface area contributed by atoms with Gasteiger partial charge in [-0.1, -0.05) is 6.07 Å². The fourth-order valence-electron chi connectivity index (χ4n) is 4.06. The summed E-state index contributed by atoms with van der Waals surface area (Å²) in [5, 5.41) is 5.78. The third-order valence-corrected chi connectivity index (χ3v) is 5.37. The number of nitrogens with one attached hydrogen (secondary N) is 1. The number of hydrogen-bond acceptors (Lipinski definition) is 3. The lowest BCUT2D eigenvalue weighted by Gasteiger charge is -2.23. The zero-order chi connectivity index (χ0) is 18.5. The number of aromatic amines is 1. The van der Waals surface area contributed by atoms with E-state index in [1.54, 1.807) is 6.07 Å². The average molecular weight is 361 g/mol. The first kappa shape index (κ1) is 16.1. The summed E-state index contributed by atoms with van der Waals surface area (Å²) in [5.74, 6) is 1.57. The summed E-state index contributed by atoms with van der Waals surface area (Å²) >= 11 is 0. The van der Waals surface area contributed by atoms with Gasteiger partial charge in [-0.15, -0.1) is 5.10 Å². The molecule has 2 aromatic heterocycles. The number of halogens is 1. The lowest BCUT2D eigenvalue weighted by molar-refractivity contribution is 0.445. The van der Waals surface area contributed by atoms with Crippen molar-refractivity contribution in [3.8, 4) is 11.5 Å². The summed E-state index contributed by atoms with van der Waals surface area (Å²) in [4.78, 5) is 8.23. The topological polar surface area (TPSA) is 72.5 Å². The smallest absolute Gasteiger partial charge is 0.197 e. The third-order valence-electron chi connectivity index (χ3n) is 5.37. The van der Waals surface area contributed by atoms with Crippen LogP contribution in [0.3, 0.4) is 0 Å². The van der Waals surface area contributed by atoms with E-state index in [0.29, 0.717) is 5.82 Å². The minimum Gasteiger partial charge on any atom is -0.399 e. The van der Waals surface area contributed by atoms with Gasteiger partial charge in [0, 0.05) is 29.1 Å². The quantitative estimate of drug-likeness (QED) is 0.520. The zero-order valence-corrected chi connectivity index (χ0v) is 15.0. The molecular weight excluding hydrogens is 341 g/mol. The van der Waals surface area contributed by atoms with Crippen molar-refractivity contribution in [2.45, 2.75) is 32.2 Å². The van der Waals surface area contributed by atoms with Crippen molar-refractivity contribution in [3.63, 3.8) is 0 Å². The first-order valence-corrected chi connectivity index (χ1v) is 9.18. The summed E-state index contributed by atoms with van der Waals surface area (Å²) < 4.78 is 15.5. The summed E-state index contributed by atoms with van der Waals surface area (Å²) in [6, 6.07) is 12.8. The number of rotatable bonds is 2. The maximum Gasteiger partial charge on any atom is 0.197 e. The van der Waals surface area contributed by atoms with E-state index in [1.165, 1.54) is 6.07 Å². The van der Waals surface area contributed by atoms with Gasteiger partial charge >= 0.3 is 0 Å². The molecule has 1 atom stereocenters. The van der Waals surface area contributed by atoms with E-state index in [1.807, 2.05) is 41.9 Å². The van der Waals surface area contributed by atoms with Crippen molar-refractivity contribution < 1.29 is 4.39 Å². The second-order valence-electron chi connectivity index (χ2n) is 7.24. The van der Waals surface area contributed by atoms with Crippen molar-refractivity contribution in [1.82, 2.24) is 19.7 Å². The van der Waals surface area contributed by atoms with E-state index in [4.69, 9.17) is 15.8 Å². The van der Waals surface area contributed by atoms with Crippen LogP contribution < -0.4 is 5.73 Å². The molecule has 0 saturated heterocycles. The number of nitrogen functional groups attached to an aromatic ring is 1. The van der Waals surface area contributed by atoms with Gasteiger partial charge in [-0.25, -0.2) is 14.1 Å². The Bertz CT molecular complexity index is 1160. The normalized spacial score (nSPS) is 16.6. The Kier molecular flexibility index (Phi) is 3.53. The monoisotopic (exact) mass is 361 g/mol. The summed E-state index contributed by atoms with van der Waals surface area (Å²) in [6.45, 7) is 2.81. The Morgan fingerprint density at radius 3 is 2.93 bits per heavy atom. The average Bonchev–Trinajstić information content (AvgIpc) is 3.24. The molecule has 0 bridgehead atoms. The molecule has 0 radical (unpaired) electrons. The number of aryl methyl sites for hydroxylation is 2. The van der Waals surface area contributed by atoms with Gasteiger partial charge in [0.1, 0.15) is 11.6 Å². The SMILES string of the molecule is Cc1cc(F)ccc1C1CCCn2nc(-c3cc4cc(N)ccc4[nH]3)nc21. The van der Waals surface area contributed by atoms with E-state index in [-0.39, 0.29) is 11.7 Å². The summed E-state index contributed by atoms with van der Waals surface area (Å²) in [5.41, 5.74) is 10.6. The minimum absolute atomic E-state index is 0.139. The molecule has 0 fully saturated rings. The standard InChI is InChI=1S/C21H20FN5/c1-12-9-14(22)4-6-16(12)17-3-2-8-27-21(17)25-20(26-27)19-11-13-10-15(23)5-7-18(13)24-19/h4-7,9-11,17,24H,2-3,8,23H2,1H3. The second kappa shape index (κ2) is 5.94. The summed E-state index contributed by atoms with van der Waals surface area (Å²) in [7, 11) is 0. The number of nitrogens with two attached hydrogens (primary N) is 1. The Labute approximate surface area is 156 Å². The molecule has 27 heavy (non-hydrogen) atoms. The van der Waals surface area contributed by atoms with Gasteiger partial charge in [0.15, 0.2) is 5.82 Å². The second-order valence-corrected chi connectivity index (χ2v) is 7.24. The number of hydrogen-bond donors (Lipinski definition) is 2. The number of nitrogens with zero attached hydrogens (tertiary/aromatic N) is 3. The van der Waals surface area contributed by atoms with Crippen LogP contribution in [0.1, 0.15) is 35.7 Å². The highest BCUT2D eigenvalue weighted by Crippen LogP contribution is 2.35. The molecule has 6 heteroatoms. The highest BCUT2D eigenvalue weighted by Gasteiger charge is 2.27. The molecule has 0 amide bonds. The van der Waals surface area contributed by atoms with Crippen LogP contribution in [0.5, 0.6) is 0 Å². The molecule has 1 aliphatic heterocycles. The fourth-order valence-corrected chi connectivity index (χ4v) is 4.06. The Morgan fingerprint density at radius 1 is 1.19 bits per heavy atom.